The van der Waals surface area contributed by atoms with Crippen LogP contribution in [0.5, 0.6) is 0 Å². The molecular weight excluding hydrogens is 312 g/mol. The molecule has 1 aliphatic heterocycles. The average molecular weight is 327 g/mol. The van der Waals surface area contributed by atoms with Gasteiger partial charge in [0.1, 0.15) is 0 Å². The van der Waals surface area contributed by atoms with Crippen molar-refractivity contribution in [2.75, 3.05) is 10.0 Å². The van der Waals surface area contributed by atoms with Gasteiger partial charge < -0.3 is 0 Å². The highest BCUT2D eigenvalue weighted by Crippen LogP contribution is 2.24. The van der Waals surface area contributed by atoms with Crippen LogP contribution in [0.4, 0.5) is 16.2 Å². The minimum atomic E-state index is -0.322. The van der Waals surface area contributed by atoms with Gasteiger partial charge in [-0.1, -0.05) is 66.7 Å². The highest BCUT2D eigenvalue weighted by Gasteiger charge is 2.32. The van der Waals surface area contributed by atoms with Crippen LogP contribution in [0.3, 0.4) is 0 Å². The van der Waals surface area contributed by atoms with Crippen LogP contribution < -0.4 is 15.4 Å². The van der Waals surface area contributed by atoms with E-state index in [2.05, 4.69) is 10.5 Å². The number of rotatable bonds is 3. The molecule has 0 aliphatic carbocycles. The van der Waals surface area contributed by atoms with Crippen LogP contribution >= 0.6 is 0 Å². The molecule has 0 fully saturated rings. The topological polar surface area (TPSA) is 50.0 Å². The van der Waals surface area contributed by atoms with Crippen molar-refractivity contribution in [1.82, 2.24) is 5.43 Å². The zero-order chi connectivity index (χ0) is 17.1. The highest BCUT2D eigenvalue weighted by atomic mass is 16.2. The predicted molar refractivity (Wildman–Crippen MR) is 98.4 cm³/mol. The number of hydrogen-bond acceptors (Lipinski definition) is 2. The van der Waals surface area contributed by atoms with Gasteiger partial charge in [-0.15, -0.1) is 10.5 Å². The van der Waals surface area contributed by atoms with Gasteiger partial charge >= 0.3 is 6.03 Å². The Kier molecular flexibility index (Phi) is 3.88. The summed E-state index contributed by atoms with van der Waals surface area (Å²) in [4.78, 5) is 13.0. The van der Waals surface area contributed by atoms with Crippen molar-refractivity contribution in [3.63, 3.8) is 0 Å². The fraction of sp³-hybridized carbons (Fsp3) is 0. The quantitative estimate of drug-likeness (QED) is 0.717. The van der Waals surface area contributed by atoms with Crippen LogP contribution in [0.2, 0.25) is 0 Å². The van der Waals surface area contributed by atoms with Gasteiger partial charge in [-0.2, -0.15) is 10.0 Å². The molecule has 3 aromatic rings. The molecule has 0 bridgehead atoms. The van der Waals surface area contributed by atoms with E-state index < -0.39 is 0 Å². The third-order valence-electron chi connectivity index (χ3n) is 3.79. The second kappa shape index (κ2) is 6.49. The summed E-state index contributed by atoms with van der Waals surface area (Å²) in [5, 5.41) is 7.23. The number of benzene rings is 3. The molecule has 0 unspecified atom stereocenters. The van der Waals surface area contributed by atoms with Crippen molar-refractivity contribution in [2.45, 2.75) is 0 Å². The van der Waals surface area contributed by atoms with Crippen molar-refractivity contribution in [2.24, 2.45) is 5.10 Å². The Morgan fingerprint density at radius 1 is 0.600 bits per heavy atom. The molecule has 5 heteroatoms. The number of amides is 2. The molecule has 0 saturated carbocycles. The van der Waals surface area contributed by atoms with Gasteiger partial charge in [-0.25, -0.2) is 4.79 Å². The Labute approximate surface area is 145 Å². The summed E-state index contributed by atoms with van der Waals surface area (Å²) in [5.74, 6) is 0.480. The first-order valence-electron chi connectivity index (χ1n) is 7.93. The van der Waals surface area contributed by atoms with E-state index in [9.17, 15) is 4.79 Å². The number of nitrogens with zero attached hydrogens (tertiary/aromatic N) is 4. The van der Waals surface area contributed by atoms with Crippen LogP contribution in [0.1, 0.15) is 5.56 Å². The standard InChI is InChI=1S/C20H15N4O/c25-20-23(17-12-6-2-7-13-17)21-19(16-10-4-1-5-11-16)22-24(20)18-14-8-3-9-15-18/h1-15H. The van der Waals surface area contributed by atoms with Crippen LogP contribution in [-0.2, 0) is 0 Å². The van der Waals surface area contributed by atoms with E-state index in [1.165, 1.54) is 10.0 Å². The molecule has 2 amide bonds. The number of hydrazone groups is 1. The normalized spacial score (nSPS) is 14.1. The van der Waals surface area contributed by atoms with Gasteiger partial charge in [0.15, 0.2) is 5.84 Å². The molecule has 1 radical (unpaired) electrons. The average Bonchev–Trinajstić information content (AvgIpc) is 2.70. The minimum Gasteiger partial charge on any atom is -0.244 e. The van der Waals surface area contributed by atoms with Gasteiger partial charge in [0.25, 0.3) is 0 Å². The predicted octanol–water partition coefficient (Wildman–Crippen LogP) is 4.01. The molecule has 0 N–H and O–H groups in total. The molecular formula is C20H15N4O. The number of hydrogen-bond donors (Lipinski definition) is 0. The lowest BCUT2D eigenvalue weighted by atomic mass is 10.2. The Balaban J connectivity index is 1.80. The van der Waals surface area contributed by atoms with E-state index in [1.54, 1.807) is 0 Å². The first-order valence-corrected chi connectivity index (χ1v) is 7.93. The Bertz CT molecular complexity index is 895. The van der Waals surface area contributed by atoms with Gasteiger partial charge in [0, 0.05) is 5.56 Å². The third-order valence-corrected chi connectivity index (χ3v) is 3.79. The van der Waals surface area contributed by atoms with E-state index in [1.807, 2.05) is 91.0 Å². The molecule has 5 nitrogen and oxygen atoms in total. The van der Waals surface area contributed by atoms with E-state index >= 15 is 0 Å². The number of carbonyl (C=O) groups is 1. The number of amidine groups is 1. The molecule has 0 spiro atoms. The maximum atomic E-state index is 13.0. The van der Waals surface area contributed by atoms with Crippen molar-refractivity contribution in [3.8, 4) is 0 Å². The molecule has 3 aromatic carbocycles. The summed E-state index contributed by atoms with van der Waals surface area (Å²) in [6.07, 6.45) is 0. The molecule has 0 saturated heterocycles. The van der Waals surface area contributed by atoms with Gasteiger partial charge in [-0.3, -0.25) is 0 Å². The van der Waals surface area contributed by atoms with Crippen LogP contribution in [0, 0.1) is 0 Å². The summed E-state index contributed by atoms with van der Waals surface area (Å²) in [6, 6.07) is 28.0. The van der Waals surface area contributed by atoms with Crippen LogP contribution in [0.25, 0.3) is 0 Å². The van der Waals surface area contributed by atoms with Gasteiger partial charge in [0.05, 0.1) is 11.4 Å². The lowest BCUT2D eigenvalue weighted by Gasteiger charge is -2.31. The molecule has 121 valence electrons. The lowest BCUT2D eigenvalue weighted by Crippen LogP contribution is -2.52. The zero-order valence-electron chi connectivity index (χ0n) is 13.4. The summed E-state index contributed by atoms with van der Waals surface area (Å²) in [6.45, 7) is 0. The number of para-hydroxylation sites is 2. The maximum absolute atomic E-state index is 13.0. The smallest absolute Gasteiger partial charge is 0.244 e. The van der Waals surface area contributed by atoms with E-state index in [4.69, 9.17) is 0 Å². The zero-order valence-corrected chi connectivity index (χ0v) is 13.4. The minimum absolute atomic E-state index is 0.322. The van der Waals surface area contributed by atoms with Crippen LogP contribution in [-0.4, -0.2) is 11.9 Å². The fourth-order valence-electron chi connectivity index (χ4n) is 2.56. The Morgan fingerprint density at radius 3 is 1.64 bits per heavy atom. The summed E-state index contributed by atoms with van der Waals surface area (Å²) >= 11 is 0. The highest BCUT2D eigenvalue weighted by molar-refractivity contribution is 6.12. The van der Waals surface area contributed by atoms with Crippen LogP contribution in [0.15, 0.2) is 96.1 Å². The van der Waals surface area contributed by atoms with Crippen molar-refractivity contribution < 1.29 is 4.79 Å². The number of urea groups is 1. The Morgan fingerprint density at radius 2 is 1.08 bits per heavy atom. The first-order chi connectivity index (χ1) is 12.3. The summed E-state index contributed by atoms with van der Waals surface area (Å²) in [7, 11) is 0. The van der Waals surface area contributed by atoms with Crippen molar-refractivity contribution in [3.05, 3.63) is 96.6 Å². The second-order valence-corrected chi connectivity index (χ2v) is 5.47. The fourth-order valence-corrected chi connectivity index (χ4v) is 2.56. The monoisotopic (exact) mass is 327 g/mol. The first kappa shape index (κ1) is 15.0. The summed E-state index contributed by atoms with van der Waals surface area (Å²) in [5.41, 5.74) is 6.70. The maximum Gasteiger partial charge on any atom is 0.370 e. The number of anilines is 2. The van der Waals surface area contributed by atoms with Gasteiger partial charge in [0.2, 0.25) is 0 Å². The Hall–Kier alpha value is -3.60. The van der Waals surface area contributed by atoms with E-state index in [0.29, 0.717) is 17.2 Å². The SMILES string of the molecule is O=C1N(c2ccccc2)[N]C(c2ccccc2)=NN1c1ccccc1. The number of carbonyl (C=O) groups excluding carboxylic acids is 1. The molecule has 25 heavy (non-hydrogen) atoms. The molecule has 4 rings (SSSR count). The second-order valence-electron chi connectivity index (χ2n) is 5.47. The lowest BCUT2D eigenvalue weighted by molar-refractivity contribution is 0.249. The van der Waals surface area contributed by atoms with Gasteiger partial charge in [-0.05, 0) is 24.3 Å². The molecule has 1 aliphatic rings. The molecule has 0 aromatic heterocycles. The largest absolute Gasteiger partial charge is 0.370 e. The summed E-state index contributed by atoms with van der Waals surface area (Å²) < 4.78 is 0. The van der Waals surface area contributed by atoms with Crippen molar-refractivity contribution in [1.29, 1.82) is 0 Å². The third kappa shape index (κ3) is 2.95. The molecule has 0 atom stereocenters. The van der Waals surface area contributed by atoms with Crippen molar-refractivity contribution >= 4 is 23.2 Å². The van der Waals surface area contributed by atoms with E-state index in [-0.39, 0.29) is 6.03 Å². The molecule has 1 heterocycles. The van der Waals surface area contributed by atoms with E-state index in [0.717, 1.165) is 5.56 Å².